The highest BCUT2D eigenvalue weighted by Gasteiger charge is 2.54. The number of piperidine rings is 3. The van der Waals surface area contributed by atoms with Gasteiger partial charge < -0.3 is 14.4 Å². The van der Waals surface area contributed by atoms with Crippen LogP contribution >= 0.6 is 0 Å². The highest BCUT2D eigenvalue weighted by Crippen LogP contribution is 2.47. The lowest BCUT2D eigenvalue weighted by Gasteiger charge is -2.51. The Kier molecular flexibility index (Phi) is 3.66. The molecule has 5 nitrogen and oxygen atoms in total. The Morgan fingerprint density at radius 3 is 2.54 bits per heavy atom. The second-order valence-corrected chi connectivity index (χ2v) is 8.40. The number of ether oxygens (including phenoxy) is 2. The van der Waals surface area contributed by atoms with Crippen molar-refractivity contribution in [3.63, 3.8) is 0 Å². The molecule has 0 N–H and O–H groups in total. The van der Waals surface area contributed by atoms with Crippen LogP contribution < -0.4 is 9.47 Å². The van der Waals surface area contributed by atoms with Crippen molar-refractivity contribution in [3.8, 4) is 11.5 Å². The third kappa shape index (κ3) is 2.39. The van der Waals surface area contributed by atoms with Crippen LogP contribution in [-0.4, -0.2) is 54.2 Å². The number of fused-ring (bicyclic) bond motifs is 3. The van der Waals surface area contributed by atoms with Crippen molar-refractivity contribution >= 4 is 5.91 Å². The highest BCUT2D eigenvalue weighted by atomic mass is 16.7. The average molecular weight is 376 g/mol. The molecule has 0 unspecified atom stereocenters. The van der Waals surface area contributed by atoms with E-state index < -0.39 is 0 Å². The van der Waals surface area contributed by atoms with Crippen LogP contribution in [-0.2, 0) is 0 Å². The summed E-state index contributed by atoms with van der Waals surface area (Å²) in [6.07, 6.45) is 2.40. The van der Waals surface area contributed by atoms with Gasteiger partial charge in [-0.15, -0.1) is 0 Å². The summed E-state index contributed by atoms with van der Waals surface area (Å²) < 4.78 is 10.9. The van der Waals surface area contributed by atoms with E-state index in [2.05, 4.69) is 40.1 Å². The average Bonchev–Trinajstić information content (AvgIpc) is 3.40. The summed E-state index contributed by atoms with van der Waals surface area (Å²) in [6.45, 7) is 3.36. The smallest absolute Gasteiger partial charge is 0.254 e. The summed E-state index contributed by atoms with van der Waals surface area (Å²) in [4.78, 5) is 18.4. The van der Waals surface area contributed by atoms with Crippen LogP contribution in [0.1, 0.15) is 34.7 Å². The van der Waals surface area contributed by atoms with E-state index >= 15 is 0 Å². The molecule has 0 aliphatic carbocycles. The molecule has 5 aliphatic heterocycles. The number of benzene rings is 2. The molecule has 5 heterocycles. The molecular weight excluding hydrogens is 352 g/mol. The molecule has 4 saturated heterocycles. The third-order valence-corrected chi connectivity index (χ3v) is 7.10. The fourth-order valence-corrected chi connectivity index (χ4v) is 5.84. The monoisotopic (exact) mass is 376 g/mol. The molecule has 0 spiro atoms. The molecule has 5 heteroatoms. The Labute approximate surface area is 164 Å². The number of carbonyl (C=O) groups is 1. The van der Waals surface area contributed by atoms with E-state index in [1.165, 1.54) is 31.5 Å². The van der Waals surface area contributed by atoms with Gasteiger partial charge in [0.25, 0.3) is 5.91 Å². The summed E-state index contributed by atoms with van der Waals surface area (Å²) in [5, 5.41) is 0. The quantitative estimate of drug-likeness (QED) is 0.808. The van der Waals surface area contributed by atoms with E-state index in [9.17, 15) is 4.79 Å². The fraction of sp³-hybridized carbons (Fsp3) is 0.435. The molecule has 0 saturated carbocycles. The predicted molar refractivity (Wildman–Crippen MR) is 105 cm³/mol. The second-order valence-electron chi connectivity index (χ2n) is 8.40. The molecule has 7 rings (SSSR count). The van der Waals surface area contributed by atoms with Crippen LogP contribution in [0.15, 0.2) is 48.5 Å². The summed E-state index contributed by atoms with van der Waals surface area (Å²) in [5.41, 5.74) is 2.05. The maximum absolute atomic E-state index is 13.6. The first-order valence-electron chi connectivity index (χ1n) is 10.3. The number of likely N-dealkylation sites (tertiary alicyclic amines) is 1. The highest BCUT2D eigenvalue weighted by molar-refractivity contribution is 5.95. The fourth-order valence-electron chi connectivity index (χ4n) is 5.84. The van der Waals surface area contributed by atoms with Crippen molar-refractivity contribution < 1.29 is 14.3 Å². The van der Waals surface area contributed by atoms with E-state index in [-0.39, 0.29) is 12.7 Å². The molecule has 5 aliphatic rings. The normalized spacial score (nSPS) is 32.4. The molecule has 4 fully saturated rings. The zero-order chi connectivity index (χ0) is 18.7. The predicted octanol–water partition coefficient (Wildman–Crippen LogP) is 3.12. The molecule has 0 radical (unpaired) electrons. The van der Waals surface area contributed by atoms with E-state index in [1.54, 1.807) is 0 Å². The molecule has 2 bridgehead atoms. The Morgan fingerprint density at radius 1 is 0.929 bits per heavy atom. The minimum absolute atomic E-state index is 0.125. The lowest BCUT2D eigenvalue weighted by Crippen LogP contribution is -2.60. The van der Waals surface area contributed by atoms with Crippen molar-refractivity contribution in [2.24, 2.45) is 5.92 Å². The summed E-state index contributed by atoms with van der Waals surface area (Å²) in [7, 11) is 0. The van der Waals surface area contributed by atoms with Crippen molar-refractivity contribution in [2.75, 3.05) is 26.4 Å². The lowest BCUT2D eigenvalue weighted by molar-refractivity contribution is -0.00341. The van der Waals surface area contributed by atoms with Crippen LogP contribution in [0.4, 0.5) is 0 Å². The van der Waals surface area contributed by atoms with E-state index in [1.807, 2.05) is 18.2 Å². The standard InChI is InChI=1S/C23H24N2O3/c26-23(17-6-7-19-20(12-17)28-14-27-19)25-13-18(15-4-2-1-3-5-15)22-21(25)16-8-10-24(22)11-9-16/h1-7,12,16,18,21-22H,8-11,13-14H2/t18-,21+,22+/m1/s1. The number of nitrogens with zero attached hydrogens (tertiary/aromatic N) is 2. The topological polar surface area (TPSA) is 42.0 Å². The minimum Gasteiger partial charge on any atom is -0.454 e. The van der Waals surface area contributed by atoms with Crippen molar-refractivity contribution in [3.05, 3.63) is 59.7 Å². The van der Waals surface area contributed by atoms with Crippen molar-refractivity contribution in [1.82, 2.24) is 9.80 Å². The molecule has 2 aromatic rings. The molecule has 3 atom stereocenters. The van der Waals surface area contributed by atoms with Gasteiger partial charge in [-0.2, -0.15) is 0 Å². The number of hydrogen-bond acceptors (Lipinski definition) is 4. The molecule has 28 heavy (non-hydrogen) atoms. The van der Waals surface area contributed by atoms with E-state index in [0.29, 0.717) is 35.2 Å². The van der Waals surface area contributed by atoms with Gasteiger partial charge >= 0.3 is 0 Å². The third-order valence-electron chi connectivity index (χ3n) is 7.10. The van der Waals surface area contributed by atoms with Gasteiger partial charge in [-0.3, -0.25) is 9.69 Å². The van der Waals surface area contributed by atoms with E-state index in [4.69, 9.17) is 9.47 Å². The first-order chi connectivity index (χ1) is 13.8. The largest absolute Gasteiger partial charge is 0.454 e. The maximum atomic E-state index is 13.6. The Morgan fingerprint density at radius 2 is 1.71 bits per heavy atom. The Bertz CT molecular complexity index is 907. The Hall–Kier alpha value is -2.53. The van der Waals surface area contributed by atoms with Gasteiger partial charge in [0, 0.05) is 24.1 Å². The first kappa shape index (κ1) is 16.4. The van der Waals surface area contributed by atoms with Gasteiger partial charge in [-0.05, 0) is 55.6 Å². The van der Waals surface area contributed by atoms with Crippen LogP contribution in [0.3, 0.4) is 0 Å². The number of amides is 1. The molecule has 144 valence electrons. The van der Waals surface area contributed by atoms with Gasteiger partial charge in [0.2, 0.25) is 6.79 Å². The van der Waals surface area contributed by atoms with E-state index in [0.717, 1.165) is 12.3 Å². The number of rotatable bonds is 2. The summed E-state index contributed by atoms with van der Waals surface area (Å²) in [5.74, 6) is 2.52. The van der Waals surface area contributed by atoms with Gasteiger partial charge in [-0.1, -0.05) is 30.3 Å². The minimum atomic E-state index is 0.125. The van der Waals surface area contributed by atoms with Crippen molar-refractivity contribution in [1.29, 1.82) is 0 Å². The molecule has 0 aromatic heterocycles. The first-order valence-corrected chi connectivity index (χ1v) is 10.3. The van der Waals surface area contributed by atoms with Crippen LogP contribution in [0.5, 0.6) is 11.5 Å². The zero-order valence-corrected chi connectivity index (χ0v) is 15.8. The zero-order valence-electron chi connectivity index (χ0n) is 15.8. The Balaban J connectivity index is 1.37. The second kappa shape index (κ2) is 6.24. The van der Waals surface area contributed by atoms with Gasteiger partial charge in [-0.25, -0.2) is 0 Å². The van der Waals surface area contributed by atoms with Gasteiger partial charge in [0.15, 0.2) is 11.5 Å². The molecule has 2 aromatic carbocycles. The van der Waals surface area contributed by atoms with Crippen LogP contribution in [0, 0.1) is 5.92 Å². The van der Waals surface area contributed by atoms with Gasteiger partial charge in [0.1, 0.15) is 0 Å². The lowest BCUT2D eigenvalue weighted by atomic mass is 9.75. The summed E-state index contributed by atoms with van der Waals surface area (Å²) in [6, 6.07) is 17.1. The number of carbonyl (C=O) groups excluding carboxylic acids is 1. The SMILES string of the molecule is O=C(c1ccc2c(c1)OCO2)N1C[C@H](c2ccccc2)[C@H]2[C@@H]1C1CCN2CC1. The molecular formula is C23H24N2O3. The van der Waals surface area contributed by atoms with Crippen LogP contribution in [0.25, 0.3) is 0 Å². The number of hydrogen-bond donors (Lipinski definition) is 0. The molecule has 1 amide bonds. The maximum Gasteiger partial charge on any atom is 0.254 e. The van der Waals surface area contributed by atoms with Crippen molar-refractivity contribution in [2.45, 2.75) is 30.8 Å². The summed E-state index contributed by atoms with van der Waals surface area (Å²) >= 11 is 0. The van der Waals surface area contributed by atoms with Crippen LogP contribution in [0.2, 0.25) is 0 Å². The van der Waals surface area contributed by atoms with Gasteiger partial charge in [0.05, 0.1) is 6.04 Å².